The highest BCUT2D eigenvalue weighted by atomic mass is 14.9. The number of benzene rings is 1. The van der Waals surface area contributed by atoms with Crippen LogP contribution in [0.25, 0.3) is 0 Å². The summed E-state index contributed by atoms with van der Waals surface area (Å²) in [5, 5.41) is 3.74. The summed E-state index contributed by atoms with van der Waals surface area (Å²) >= 11 is 0. The highest BCUT2D eigenvalue weighted by Gasteiger charge is 2.22. The Bertz CT molecular complexity index is 395. The van der Waals surface area contributed by atoms with Crippen LogP contribution in [0.1, 0.15) is 57.1 Å². The normalized spacial score (nSPS) is 17.9. The highest BCUT2D eigenvalue weighted by molar-refractivity contribution is 5.22. The van der Waals surface area contributed by atoms with Crippen molar-refractivity contribution in [1.82, 2.24) is 5.32 Å². The lowest BCUT2D eigenvalue weighted by molar-refractivity contribution is 0.353. The molecule has 0 saturated heterocycles. The van der Waals surface area contributed by atoms with Gasteiger partial charge < -0.3 is 5.32 Å². The van der Waals surface area contributed by atoms with Crippen molar-refractivity contribution in [3.8, 4) is 0 Å². The summed E-state index contributed by atoms with van der Waals surface area (Å²) in [6, 6.07) is 9.87. The quantitative estimate of drug-likeness (QED) is 0.685. The van der Waals surface area contributed by atoms with Gasteiger partial charge in [0.15, 0.2) is 0 Å². The van der Waals surface area contributed by atoms with Crippen LogP contribution in [-0.4, -0.2) is 12.6 Å². The predicted octanol–water partition coefficient (Wildman–Crippen LogP) is 4.73. The Labute approximate surface area is 125 Å². The van der Waals surface area contributed by atoms with E-state index in [1.807, 2.05) is 0 Å². The molecule has 2 rings (SSSR count). The molecule has 0 aromatic heterocycles. The van der Waals surface area contributed by atoms with Crippen LogP contribution in [0.5, 0.6) is 0 Å². The van der Waals surface area contributed by atoms with E-state index in [4.69, 9.17) is 0 Å². The standard InChI is InChI=1S/C19H31N/c1-4-6-15(2)12-18(14-20-19-9-10-19)13-17-8-5-7-16(3)11-17/h5,7-8,11,15,18-20H,4,6,9-10,12-14H2,1-3H3. The SMILES string of the molecule is CCCC(C)CC(CNC1CC1)Cc1cccc(C)c1. The summed E-state index contributed by atoms with van der Waals surface area (Å²) in [5.74, 6) is 1.65. The molecule has 20 heavy (non-hydrogen) atoms. The first-order chi connectivity index (χ1) is 9.67. The maximum absolute atomic E-state index is 3.74. The van der Waals surface area contributed by atoms with E-state index in [9.17, 15) is 0 Å². The maximum atomic E-state index is 3.74. The van der Waals surface area contributed by atoms with Gasteiger partial charge in [-0.1, -0.05) is 56.5 Å². The molecule has 0 radical (unpaired) electrons. The fourth-order valence-corrected chi connectivity index (χ4v) is 3.21. The van der Waals surface area contributed by atoms with Gasteiger partial charge in [-0.25, -0.2) is 0 Å². The largest absolute Gasteiger partial charge is 0.314 e. The van der Waals surface area contributed by atoms with Gasteiger partial charge in [0, 0.05) is 6.04 Å². The van der Waals surface area contributed by atoms with E-state index < -0.39 is 0 Å². The van der Waals surface area contributed by atoms with Gasteiger partial charge in [0.2, 0.25) is 0 Å². The lowest BCUT2D eigenvalue weighted by atomic mass is 9.88. The third-order valence-electron chi connectivity index (χ3n) is 4.40. The van der Waals surface area contributed by atoms with Crippen molar-refractivity contribution in [1.29, 1.82) is 0 Å². The molecule has 1 aromatic rings. The minimum Gasteiger partial charge on any atom is -0.314 e. The molecular weight excluding hydrogens is 242 g/mol. The average Bonchev–Trinajstić information content (AvgIpc) is 3.20. The Morgan fingerprint density at radius 2 is 2.10 bits per heavy atom. The maximum Gasteiger partial charge on any atom is 0.00683 e. The molecule has 0 aliphatic heterocycles. The number of nitrogens with one attached hydrogen (secondary N) is 1. The fourth-order valence-electron chi connectivity index (χ4n) is 3.21. The molecule has 2 atom stereocenters. The zero-order valence-electron chi connectivity index (χ0n) is 13.5. The Balaban J connectivity index is 1.89. The van der Waals surface area contributed by atoms with Gasteiger partial charge in [-0.15, -0.1) is 0 Å². The molecule has 1 aliphatic rings. The van der Waals surface area contributed by atoms with Crippen molar-refractivity contribution in [2.75, 3.05) is 6.54 Å². The van der Waals surface area contributed by atoms with Crippen LogP contribution in [-0.2, 0) is 6.42 Å². The van der Waals surface area contributed by atoms with Crippen molar-refractivity contribution in [2.24, 2.45) is 11.8 Å². The number of rotatable bonds is 9. The molecule has 1 N–H and O–H groups in total. The van der Waals surface area contributed by atoms with Crippen LogP contribution < -0.4 is 5.32 Å². The van der Waals surface area contributed by atoms with Crippen LogP contribution in [0.2, 0.25) is 0 Å². The average molecular weight is 273 g/mol. The molecule has 0 heterocycles. The summed E-state index contributed by atoms with van der Waals surface area (Å²) in [6.45, 7) is 8.12. The number of hydrogen-bond donors (Lipinski definition) is 1. The van der Waals surface area contributed by atoms with Gasteiger partial charge in [0.25, 0.3) is 0 Å². The van der Waals surface area contributed by atoms with Crippen LogP contribution in [0.3, 0.4) is 0 Å². The van der Waals surface area contributed by atoms with E-state index >= 15 is 0 Å². The van der Waals surface area contributed by atoms with Crippen LogP contribution in [0.4, 0.5) is 0 Å². The smallest absolute Gasteiger partial charge is 0.00683 e. The molecule has 1 heteroatoms. The summed E-state index contributed by atoms with van der Waals surface area (Å²) in [4.78, 5) is 0. The summed E-state index contributed by atoms with van der Waals surface area (Å²) in [7, 11) is 0. The summed E-state index contributed by atoms with van der Waals surface area (Å²) in [6.07, 6.45) is 8.06. The van der Waals surface area contributed by atoms with Crippen LogP contribution >= 0.6 is 0 Å². The summed E-state index contributed by atoms with van der Waals surface area (Å²) < 4.78 is 0. The second kappa shape index (κ2) is 7.83. The molecule has 1 aliphatic carbocycles. The zero-order valence-corrected chi connectivity index (χ0v) is 13.5. The zero-order chi connectivity index (χ0) is 14.4. The van der Waals surface area contributed by atoms with Gasteiger partial charge in [0.1, 0.15) is 0 Å². The van der Waals surface area contributed by atoms with Crippen LogP contribution in [0, 0.1) is 18.8 Å². The monoisotopic (exact) mass is 273 g/mol. The van der Waals surface area contributed by atoms with Crippen molar-refractivity contribution < 1.29 is 0 Å². The molecule has 112 valence electrons. The van der Waals surface area contributed by atoms with E-state index in [0.717, 1.165) is 17.9 Å². The Hall–Kier alpha value is -0.820. The third-order valence-corrected chi connectivity index (χ3v) is 4.40. The Morgan fingerprint density at radius 1 is 1.30 bits per heavy atom. The van der Waals surface area contributed by atoms with Gasteiger partial charge in [-0.2, -0.15) is 0 Å². The number of hydrogen-bond acceptors (Lipinski definition) is 1. The molecule has 1 nitrogen and oxygen atoms in total. The molecule has 2 unspecified atom stereocenters. The minimum absolute atomic E-state index is 0.791. The molecule has 1 fully saturated rings. The third kappa shape index (κ3) is 5.66. The molecular formula is C19H31N. The summed E-state index contributed by atoms with van der Waals surface area (Å²) in [5.41, 5.74) is 2.90. The Morgan fingerprint density at radius 3 is 2.75 bits per heavy atom. The van der Waals surface area contributed by atoms with E-state index in [2.05, 4.69) is 50.4 Å². The van der Waals surface area contributed by atoms with Gasteiger partial charge in [-0.3, -0.25) is 0 Å². The van der Waals surface area contributed by atoms with E-state index in [-0.39, 0.29) is 0 Å². The Kier molecular flexibility index (Phi) is 6.09. The van der Waals surface area contributed by atoms with E-state index in [1.54, 1.807) is 0 Å². The molecule has 1 saturated carbocycles. The van der Waals surface area contributed by atoms with Gasteiger partial charge in [-0.05, 0) is 56.6 Å². The fraction of sp³-hybridized carbons (Fsp3) is 0.684. The van der Waals surface area contributed by atoms with E-state index in [1.165, 1.54) is 56.2 Å². The van der Waals surface area contributed by atoms with Crippen molar-refractivity contribution >= 4 is 0 Å². The number of aryl methyl sites for hydroxylation is 1. The molecule has 0 spiro atoms. The first-order valence-electron chi connectivity index (χ1n) is 8.46. The molecule has 1 aromatic carbocycles. The van der Waals surface area contributed by atoms with Gasteiger partial charge in [0.05, 0.1) is 0 Å². The minimum atomic E-state index is 0.791. The van der Waals surface area contributed by atoms with Gasteiger partial charge >= 0.3 is 0 Å². The second-order valence-electron chi connectivity index (χ2n) is 6.87. The van der Waals surface area contributed by atoms with Crippen molar-refractivity contribution in [3.05, 3.63) is 35.4 Å². The lowest BCUT2D eigenvalue weighted by Gasteiger charge is -2.22. The van der Waals surface area contributed by atoms with Crippen molar-refractivity contribution in [3.63, 3.8) is 0 Å². The highest BCUT2D eigenvalue weighted by Crippen LogP contribution is 2.23. The molecule has 0 bridgehead atoms. The first-order valence-corrected chi connectivity index (χ1v) is 8.46. The first kappa shape index (κ1) is 15.6. The second-order valence-corrected chi connectivity index (χ2v) is 6.87. The predicted molar refractivity (Wildman–Crippen MR) is 88.1 cm³/mol. The lowest BCUT2D eigenvalue weighted by Crippen LogP contribution is -2.27. The van der Waals surface area contributed by atoms with Crippen LogP contribution in [0.15, 0.2) is 24.3 Å². The van der Waals surface area contributed by atoms with Crippen molar-refractivity contribution in [2.45, 2.75) is 65.3 Å². The molecule has 0 amide bonds. The van der Waals surface area contributed by atoms with E-state index in [0.29, 0.717) is 0 Å². The topological polar surface area (TPSA) is 12.0 Å².